The van der Waals surface area contributed by atoms with Crippen molar-refractivity contribution in [3.8, 4) is 11.4 Å². The zero-order valence-electron chi connectivity index (χ0n) is 7.75. The normalized spacial score (nSPS) is 11.9. The molecule has 1 aliphatic carbocycles. The van der Waals surface area contributed by atoms with Crippen LogP contribution < -0.4 is 0 Å². The van der Waals surface area contributed by atoms with E-state index in [4.69, 9.17) is 5.53 Å². The molecule has 2 heterocycles. The zero-order chi connectivity index (χ0) is 10.3. The summed E-state index contributed by atoms with van der Waals surface area (Å²) in [5.74, 6) is 0. The predicted octanol–water partition coefficient (Wildman–Crippen LogP) is 1.52. The fourth-order valence-corrected chi connectivity index (χ4v) is 1.82. The highest BCUT2D eigenvalue weighted by Gasteiger charge is 2.32. The van der Waals surface area contributed by atoms with E-state index in [9.17, 15) is 0 Å². The first-order valence-corrected chi connectivity index (χ1v) is 4.55. The third-order valence-electron chi connectivity index (χ3n) is 2.45. The second kappa shape index (κ2) is 2.83. The summed E-state index contributed by atoms with van der Waals surface area (Å²) in [7, 11) is 0. The maximum absolute atomic E-state index is 8.99. The van der Waals surface area contributed by atoms with Gasteiger partial charge in [0.1, 0.15) is 11.4 Å². The van der Waals surface area contributed by atoms with Crippen molar-refractivity contribution in [2.45, 2.75) is 0 Å². The molecule has 0 aromatic carbocycles. The first-order chi connectivity index (χ1) is 7.42. The fraction of sp³-hybridized carbons (Fsp3) is 0. The van der Waals surface area contributed by atoms with Crippen molar-refractivity contribution in [1.29, 1.82) is 0 Å². The molecule has 4 heteroatoms. The van der Waals surface area contributed by atoms with Gasteiger partial charge in [-0.3, -0.25) is 9.97 Å². The van der Waals surface area contributed by atoms with Crippen molar-refractivity contribution in [3.05, 3.63) is 53.3 Å². The molecule has 0 radical (unpaired) electrons. The van der Waals surface area contributed by atoms with Gasteiger partial charge >= 0.3 is 5.71 Å². The third kappa shape index (κ3) is 0.965. The van der Waals surface area contributed by atoms with E-state index in [1.807, 2.05) is 24.3 Å². The Balaban J connectivity index is 2.47. The van der Waals surface area contributed by atoms with Crippen LogP contribution in [0.5, 0.6) is 0 Å². The first kappa shape index (κ1) is 8.03. The molecule has 0 unspecified atom stereocenters. The Morgan fingerprint density at radius 3 is 1.93 bits per heavy atom. The molecular formula is C11H6N4. The maximum Gasteiger partial charge on any atom is 0.334 e. The highest BCUT2D eigenvalue weighted by Crippen LogP contribution is 2.31. The summed E-state index contributed by atoms with van der Waals surface area (Å²) in [6, 6.07) is 7.38. The summed E-state index contributed by atoms with van der Waals surface area (Å²) in [6.07, 6.45) is 3.41. The largest absolute Gasteiger partial charge is 0.361 e. The molecule has 15 heavy (non-hydrogen) atoms. The number of pyridine rings is 2. The van der Waals surface area contributed by atoms with Gasteiger partial charge < -0.3 is 5.53 Å². The van der Waals surface area contributed by atoms with Crippen LogP contribution in [0.2, 0.25) is 0 Å². The van der Waals surface area contributed by atoms with Crippen LogP contribution in [0.3, 0.4) is 0 Å². The minimum atomic E-state index is 0.543. The van der Waals surface area contributed by atoms with Crippen LogP contribution >= 0.6 is 0 Å². The maximum atomic E-state index is 8.99. The monoisotopic (exact) mass is 194 g/mol. The summed E-state index contributed by atoms with van der Waals surface area (Å²) in [5.41, 5.74) is 12.7. The lowest BCUT2D eigenvalue weighted by molar-refractivity contribution is -0.00245. The molecule has 0 bridgehead atoms. The fourth-order valence-electron chi connectivity index (χ4n) is 1.82. The molecule has 0 aliphatic heterocycles. The van der Waals surface area contributed by atoms with Gasteiger partial charge in [0, 0.05) is 12.4 Å². The van der Waals surface area contributed by atoms with Gasteiger partial charge in [-0.25, -0.2) is 0 Å². The lowest BCUT2D eigenvalue weighted by Gasteiger charge is -1.93. The summed E-state index contributed by atoms with van der Waals surface area (Å²) in [5, 5.41) is 0. The molecule has 4 nitrogen and oxygen atoms in total. The van der Waals surface area contributed by atoms with Crippen molar-refractivity contribution >= 4 is 5.71 Å². The summed E-state index contributed by atoms with van der Waals surface area (Å²) >= 11 is 0. The quantitative estimate of drug-likeness (QED) is 0.402. The second-order valence-electron chi connectivity index (χ2n) is 3.25. The van der Waals surface area contributed by atoms with Crippen molar-refractivity contribution in [2.75, 3.05) is 0 Å². The summed E-state index contributed by atoms with van der Waals surface area (Å²) < 4.78 is 0. The minimum Gasteiger partial charge on any atom is -0.361 e. The highest BCUT2D eigenvalue weighted by atomic mass is 14.9. The third-order valence-corrected chi connectivity index (χ3v) is 2.45. The van der Waals surface area contributed by atoms with Crippen LogP contribution in [-0.4, -0.2) is 20.5 Å². The van der Waals surface area contributed by atoms with E-state index < -0.39 is 0 Å². The Bertz CT molecular complexity index is 550. The molecular weight excluding hydrogens is 188 g/mol. The molecule has 2 aromatic rings. The van der Waals surface area contributed by atoms with Gasteiger partial charge in [0.25, 0.3) is 0 Å². The molecule has 0 fully saturated rings. The van der Waals surface area contributed by atoms with Crippen LogP contribution in [0.1, 0.15) is 11.1 Å². The molecule has 3 rings (SSSR count). The Labute approximate surface area is 85.9 Å². The van der Waals surface area contributed by atoms with Crippen LogP contribution in [0.4, 0.5) is 0 Å². The molecule has 1 aliphatic rings. The Kier molecular flexibility index (Phi) is 1.52. The first-order valence-electron chi connectivity index (χ1n) is 4.55. The number of rotatable bonds is 0. The Morgan fingerprint density at radius 2 is 1.47 bits per heavy atom. The minimum absolute atomic E-state index is 0.543. The van der Waals surface area contributed by atoms with E-state index in [2.05, 4.69) is 14.8 Å². The van der Waals surface area contributed by atoms with E-state index >= 15 is 0 Å². The SMILES string of the molecule is [N-]=[N+]=C1c2cccnc2-c2ncccc21. The van der Waals surface area contributed by atoms with Crippen LogP contribution in [0.25, 0.3) is 16.9 Å². The van der Waals surface area contributed by atoms with E-state index in [1.165, 1.54) is 0 Å². The van der Waals surface area contributed by atoms with Crippen molar-refractivity contribution in [1.82, 2.24) is 9.97 Å². The van der Waals surface area contributed by atoms with Crippen molar-refractivity contribution < 1.29 is 4.79 Å². The van der Waals surface area contributed by atoms with Gasteiger partial charge in [-0.05, 0) is 24.3 Å². The van der Waals surface area contributed by atoms with Crippen LogP contribution in [0, 0.1) is 0 Å². The number of hydrogen-bond donors (Lipinski definition) is 0. The van der Waals surface area contributed by atoms with E-state index in [-0.39, 0.29) is 0 Å². The molecule has 70 valence electrons. The van der Waals surface area contributed by atoms with Gasteiger partial charge in [0.2, 0.25) is 0 Å². The summed E-state index contributed by atoms with van der Waals surface area (Å²) in [6.45, 7) is 0. The molecule has 0 saturated carbocycles. The number of hydrogen-bond acceptors (Lipinski definition) is 2. The lowest BCUT2D eigenvalue weighted by Crippen LogP contribution is -1.98. The van der Waals surface area contributed by atoms with Crippen molar-refractivity contribution in [2.24, 2.45) is 0 Å². The molecule has 0 atom stereocenters. The molecule has 0 amide bonds. The van der Waals surface area contributed by atoms with Gasteiger partial charge in [-0.15, -0.1) is 0 Å². The second-order valence-corrected chi connectivity index (χ2v) is 3.25. The Hall–Kier alpha value is -2.32. The zero-order valence-corrected chi connectivity index (χ0v) is 7.75. The predicted molar refractivity (Wildman–Crippen MR) is 54.3 cm³/mol. The average Bonchev–Trinajstić information content (AvgIpc) is 2.63. The number of aromatic nitrogens is 2. The van der Waals surface area contributed by atoms with Gasteiger partial charge in [0.15, 0.2) is 0 Å². The summed E-state index contributed by atoms with van der Waals surface area (Å²) in [4.78, 5) is 11.8. The Morgan fingerprint density at radius 1 is 0.933 bits per heavy atom. The van der Waals surface area contributed by atoms with E-state index in [0.29, 0.717) is 5.71 Å². The average molecular weight is 194 g/mol. The van der Waals surface area contributed by atoms with E-state index in [0.717, 1.165) is 22.5 Å². The molecule has 0 spiro atoms. The highest BCUT2D eigenvalue weighted by molar-refractivity contribution is 6.20. The van der Waals surface area contributed by atoms with E-state index in [1.54, 1.807) is 12.4 Å². The van der Waals surface area contributed by atoms with Gasteiger partial charge in [-0.2, -0.15) is 4.79 Å². The number of nitrogens with zero attached hydrogens (tertiary/aromatic N) is 4. The van der Waals surface area contributed by atoms with Crippen LogP contribution in [-0.2, 0) is 0 Å². The smallest absolute Gasteiger partial charge is 0.334 e. The topological polar surface area (TPSA) is 62.2 Å². The van der Waals surface area contributed by atoms with Gasteiger partial charge in [0.05, 0.1) is 11.1 Å². The molecule has 0 saturated heterocycles. The van der Waals surface area contributed by atoms with Crippen molar-refractivity contribution in [3.63, 3.8) is 0 Å². The molecule has 0 N–H and O–H groups in total. The number of fused-ring (bicyclic) bond motifs is 3. The molecule has 2 aromatic heterocycles. The standard InChI is InChI=1S/C11H6N4/c12-15-9-7-3-1-5-13-10(7)11-8(9)4-2-6-14-11/h1-6H. The van der Waals surface area contributed by atoms with Gasteiger partial charge in [-0.1, -0.05) is 0 Å². The lowest BCUT2D eigenvalue weighted by atomic mass is 10.1. The van der Waals surface area contributed by atoms with Crippen LogP contribution in [0.15, 0.2) is 36.7 Å².